The van der Waals surface area contributed by atoms with Crippen LogP contribution in [0.1, 0.15) is 0 Å². The Morgan fingerprint density at radius 3 is 1.29 bits per heavy atom. The maximum atomic E-state index is 9.30. The van der Waals surface area contributed by atoms with Crippen LogP contribution in [0.25, 0.3) is 11.1 Å². The molecule has 0 aliphatic carbocycles. The van der Waals surface area contributed by atoms with E-state index in [1.807, 2.05) is 0 Å². The quantitative estimate of drug-likeness (QED) is 0.260. The van der Waals surface area contributed by atoms with Crippen LogP contribution in [0.2, 0.25) is 0 Å². The number of hydrogen-bond acceptors (Lipinski definition) is 6. The molecule has 114 valence electrons. The van der Waals surface area contributed by atoms with Gasteiger partial charge in [-0.25, -0.2) is 0 Å². The van der Waals surface area contributed by atoms with Gasteiger partial charge in [-0.1, -0.05) is 12.1 Å². The minimum absolute atomic E-state index is 0.0514. The highest BCUT2D eigenvalue weighted by atomic mass is 32.3. The lowest BCUT2D eigenvalue weighted by molar-refractivity contribution is 0.381. The normalized spacial score (nSPS) is 10.6. The Labute approximate surface area is 120 Å². The van der Waals surface area contributed by atoms with Crippen LogP contribution in [0.3, 0.4) is 0 Å². The Kier molecular flexibility index (Phi) is 4.97. The van der Waals surface area contributed by atoms with Crippen molar-refractivity contribution in [1.82, 2.24) is 0 Å². The van der Waals surface area contributed by atoms with Gasteiger partial charge in [0.15, 0.2) is 0 Å². The van der Waals surface area contributed by atoms with Crippen LogP contribution in [-0.2, 0) is 10.4 Å². The zero-order valence-electron chi connectivity index (χ0n) is 10.6. The smallest absolute Gasteiger partial charge is 0.394 e. The van der Waals surface area contributed by atoms with Gasteiger partial charge in [0.25, 0.3) is 0 Å². The number of phenolic OH excluding ortho intramolecular Hbond substituents is 2. The van der Waals surface area contributed by atoms with Crippen molar-refractivity contribution >= 4 is 21.8 Å². The Bertz CT molecular complexity index is 688. The summed E-state index contributed by atoms with van der Waals surface area (Å²) in [6.45, 7) is 0. The number of rotatable bonds is 1. The highest BCUT2D eigenvalue weighted by Crippen LogP contribution is 2.31. The highest BCUT2D eigenvalue weighted by molar-refractivity contribution is 7.79. The van der Waals surface area contributed by atoms with Crippen molar-refractivity contribution in [3.63, 3.8) is 0 Å². The van der Waals surface area contributed by atoms with E-state index in [-0.39, 0.29) is 11.5 Å². The Hall–Kier alpha value is -2.49. The second-order valence-corrected chi connectivity index (χ2v) is 4.89. The molecule has 2 aromatic rings. The van der Waals surface area contributed by atoms with Crippen LogP contribution in [0.15, 0.2) is 36.4 Å². The van der Waals surface area contributed by atoms with Crippen molar-refractivity contribution in [2.24, 2.45) is 0 Å². The van der Waals surface area contributed by atoms with Gasteiger partial charge in [0.2, 0.25) is 0 Å². The van der Waals surface area contributed by atoms with Crippen molar-refractivity contribution < 1.29 is 27.7 Å². The molecule has 0 saturated heterocycles. The second-order valence-electron chi connectivity index (χ2n) is 4.00. The molecule has 0 fully saturated rings. The molecule has 8 N–H and O–H groups in total. The summed E-state index contributed by atoms with van der Waals surface area (Å²) in [5.74, 6) is 0.103. The molecule has 9 heteroatoms. The molecule has 0 aliphatic heterocycles. The van der Waals surface area contributed by atoms with Crippen molar-refractivity contribution in [1.29, 1.82) is 0 Å². The van der Waals surface area contributed by atoms with E-state index >= 15 is 0 Å². The molecular weight excluding hydrogens is 300 g/mol. The summed E-state index contributed by atoms with van der Waals surface area (Å²) >= 11 is 0. The standard InChI is InChI=1S/C12H12N2O2.H2O4S/c13-9-5-7(1-3-11(9)15)8-2-4-12(16)10(14)6-8;1-5(2,3)4/h1-6,15-16H,13-14H2;(H2,1,2,3,4). The lowest BCUT2D eigenvalue weighted by Crippen LogP contribution is -1.89. The van der Waals surface area contributed by atoms with E-state index in [1.54, 1.807) is 24.3 Å². The monoisotopic (exact) mass is 314 g/mol. The first-order valence-electron chi connectivity index (χ1n) is 5.45. The fourth-order valence-electron chi connectivity index (χ4n) is 1.47. The molecule has 8 nitrogen and oxygen atoms in total. The number of nitrogens with two attached hydrogens (primary N) is 2. The van der Waals surface area contributed by atoms with Crippen molar-refractivity contribution in [2.75, 3.05) is 11.5 Å². The lowest BCUT2D eigenvalue weighted by atomic mass is 10.0. The molecular formula is C12H14N2O6S. The molecule has 0 atom stereocenters. The Morgan fingerprint density at radius 2 is 1.05 bits per heavy atom. The number of benzene rings is 2. The fourth-order valence-corrected chi connectivity index (χ4v) is 1.47. The summed E-state index contributed by atoms with van der Waals surface area (Å²) in [6, 6.07) is 9.82. The van der Waals surface area contributed by atoms with Crippen LogP contribution >= 0.6 is 0 Å². The molecule has 21 heavy (non-hydrogen) atoms. The predicted molar refractivity (Wildman–Crippen MR) is 78.2 cm³/mol. The van der Waals surface area contributed by atoms with Gasteiger partial charge in [-0.05, 0) is 35.4 Å². The Balaban J connectivity index is 0.000000383. The van der Waals surface area contributed by atoms with Crippen LogP contribution in [0.5, 0.6) is 11.5 Å². The third kappa shape index (κ3) is 5.57. The maximum absolute atomic E-state index is 9.30. The zero-order valence-corrected chi connectivity index (χ0v) is 11.4. The number of hydrogen-bond donors (Lipinski definition) is 6. The third-order valence-electron chi connectivity index (χ3n) is 2.39. The van der Waals surface area contributed by atoms with Crippen LogP contribution in [-0.4, -0.2) is 27.7 Å². The molecule has 0 spiro atoms. The molecule has 0 amide bonds. The van der Waals surface area contributed by atoms with Gasteiger partial charge in [0.05, 0.1) is 11.4 Å². The molecule has 2 aromatic carbocycles. The van der Waals surface area contributed by atoms with E-state index < -0.39 is 10.4 Å². The van der Waals surface area contributed by atoms with E-state index in [0.29, 0.717) is 11.4 Å². The Morgan fingerprint density at radius 1 is 0.762 bits per heavy atom. The maximum Gasteiger partial charge on any atom is 0.394 e. The number of aromatic hydroxyl groups is 2. The third-order valence-corrected chi connectivity index (χ3v) is 2.39. The van der Waals surface area contributed by atoms with E-state index in [1.165, 1.54) is 12.1 Å². The molecule has 0 bridgehead atoms. The number of nitrogen functional groups attached to an aromatic ring is 2. The van der Waals surface area contributed by atoms with Crippen molar-refractivity contribution in [2.45, 2.75) is 0 Å². The molecule has 0 heterocycles. The van der Waals surface area contributed by atoms with E-state index in [9.17, 15) is 10.2 Å². The van der Waals surface area contributed by atoms with E-state index in [2.05, 4.69) is 0 Å². The summed E-state index contributed by atoms with van der Waals surface area (Å²) in [6.07, 6.45) is 0. The summed E-state index contributed by atoms with van der Waals surface area (Å²) in [5.41, 5.74) is 13.5. The minimum Gasteiger partial charge on any atom is -0.506 e. The summed E-state index contributed by atoms with van der Waals surface area (Å²) in [5, 5.41) is 18.6. The van der Waals surface area contributed by atoms with Gasteiger partial charge < -0.3 is 21.7 Å². The molecule has 0 aromatic heterocycles. The average molecular weight is 314 g/mol. The van der Waals surface area contributed by atoms with E-state index in [4.69, 9.17) is 29.0 Å². The largest absolute Gasteiger partial charge is 0.506 e. The molecule has 0 unspecified atom stereocenters. The fraction of sp³-hybridized carbons (Fsp3) is 0. The highest BCUT2D eigenvalue weighted by Gasteiger charge is 2.04. The molecule has 2 rings (SSSR count). The van der Waals surface area contributed by atoms with Gasteiger partial charge in [0.1, 0.15) is 11.5 Å². The average Bonchev–Trinajstić information content (AvgIpc) is 2.34. The first kappa shape index (κ1) is 16.6. The number of anilines is 2. The first-order chi connectivity index (χ1) is 9.58. The van der Waals surface area contributed by atoms with Gasteiger partial charge in [-0.15, -0.1) is 0 Å². The minimum atomic E-state index is -4.67. The van der Waals surface area contributed by atoms with Crippen LogP contribution in [0.4, 0.5) is 11.4 Å². The molecule has 0 aliphatic rings. The summed E-state index contributed by atoms with van der Waals surface area (Å²) in [4.78, 5) is 0. The van der Waals surface area contributed by atoms with Crippen LogP contribution in [0, 0.1) is 0 Å². The van der Waals surface area contributed by atoms with E-state index in [0.717, 1.165) is 11.1 Å². The van der Waals surface area contributed by atoms with Crippen molar-refractivity contribution in [3.8, 4) is 22.6 Å². The number of phenols is 2. The summed E-state index contributed by atoms with van der Waals surface area (Å²) in [7, 11) is -4.67. The first-order valence-corrected chi connectivity index (χ1v) is 6.85. The van der Waals surface area contributed by atoms with Crippen molar-refractivity contribution in [3.05, 3.63) is 36.4 Å². The molecule has 0 saturated carbocycles. The van der Waals surface area contributed by atoms with Gasteiger partial charge >= 0.3 is 10.4 Å². The topological polar surface area (TPSA) is 167 Å². The molecule has 0 radical (unpaired) electrons. The van der Waals surface area contributed by atoms with Crippen LogP contribution < -0.4 is 11.5 Å². The summed E-state index contributed by atoms with van der Waals surface area (Å²) < 4.78 is 31.6. The lowest BCUT2D eigenvalue weighted by Gasteiger charge is -2.06. The zero-order chi connectivity index (χ0) is 16.2. The predicted octanol–water partition coefficient (Wildman–Crippen LogP) is 1.28. The second kappa shape index (κ2) is 6.31. The van der Waals surface area contributed by atoms with Gasteiger partial charge in [-0.2, -0.15) is 8.42 Å². The van der Waals surface area contributed by atoms with Gasteiger partial charge in [0, 0.05) is 0 Å². The van der Waals surface area contributed by atoms with Gasteiger partial charge in [-0.3, -0.25) is 9.11 Å². The SMILES string of the molecule is Nc1cc(-c2ccc(O)c(N)c2)ccc1O.O=S(=O)(O)O.